The van der Waals surface area contributed by atoms with Crippen molar-refractivity contribution in [3.05, 3.63) is 0 Å². The SMILES string of the molecule is CCC(NC(CO)C(=O)O)C(=O)CN. The first kappa shape index (κ1) is 13.0. The number of hydrogen-bond acceptors (Lipinski definition) is 5. The van der Waals surface area contributed by atoms with Gasteiger partial charge in [-0.2, -0.15) is 0 Å². The highest BCUT2D eigenvalue weighted by Crippen LogP contribution is 1.95. The van der Waals surface area contributed by atoms with Gasteiger partial charge in [-0.05, 0) is 6.42 Å². The van der Waals surface area contributed by atoms with Gasteiger partial charge in [0.1, 0.15) is 6.04 Å². The highest BCUT2D eigenvalue weighted by Gasteiger charge is 2.23. The number of Topliss-reactive ketones (excluding diaryl/α,β-unsaturated/α-hetero) is 1. The third-order valence-corrected chi connectivity index (χ3v) is 1.88. The van der Waals surface area contributed by atoms with Crippen LogP contribution in [0.25, 0.3) is 0 Å². The monoisotopic (exact) mass is 204 g/mol. The molecular formula is C8H16N2O4. The lowest BCUT2D eigenvalue weighted by Gasteiger charge is -2.19. The number of aliphatic hydroxyl groups excluding tert-OH is 1. The van der Waals surface area contributed by atoms with E-state index in [1.165, 1.54) is 0 Å². The molecule has 0 aromatic heterocycles. The number of carbonyl (C=O) groups excluding carboxylic acids is 1. The van der Waals surface area contributed by atoms with E-state index in [1.807, 2.05) is 0 Å². The van der Waals surface area contributed by atoms with Crippen LogP contribution in [0.5, 0.6) is 0 Å². The Kier molecular flexibility index (Phi) is 6.02. The predicted molar refractivity (Wildman–Crippen MR) is 49.8 cm³/mol. The number of aliphatic carboxylic acids is 1. The molecule has 82 valence electrons. The van der Waals surface area contributed by atoms with E-state index in [0.29, 0.717) is 6.42 Å². The van der Waals surface area contributed by atoms with Crippen molar-refractivity contribution in [2.45, 2.75) is 25.4 Å². The van der Waals surface area contributed by atoms with Crippen molar-refractivity contribution in [2.24, 2.45) is 5.73 Å². The highest BCUT2D eigenvalue weighted by atomic mass is 16.4. The minimum absolute atomic E-state index is 0.136. The molecule has 0 aliphatic carbocycles. The number of nitrogens with two attached hydrogens (primary N) is 1. The average molecular weight is 204 g/mol. The van der Waals surface area contributed by atoms with Crippen LogP contribution in [-0.2, 0) is 9.59 Å². The van der Waals surface area contributed by atoms with Crippen LogP contribution in [-0.4, -0.2) is 47.2 Å². The summed E-state index contributed by atoms with van der Waals surface area (Å²) in [7, 11) is 0. The Bertz CT molecular complexity index is 208. The summed E-state index contributed by atoms with van der Waals surface area (Å²) in [6.07, 6.45) is 0.444. The van der Waals surface area contributed by atoms with Gasteiger partial charge in [0.25, 0.3) is 0 Å². The maximum atomic E-state index is 11.2. The molecule has 0 aliphatic heterocycles. The van der Waals surface area contributed by atoms with Crippen LogP contribution in [0, 0.1) is 0 Å². The summed E-state index contributed by atoms with van der Waals surface area (Å²) in [6.45, 7) is 1.05. The molecule has 6 heteroatoms. The number of carbonyl (C=O) groups is 2. The van der Waals surface area contributed by atoms with Gasteiger partial charge < -0.3 is 15.9 Å². The summed E-state index contributed by atoms with van der Waals surface area (Å²) in [5.74, 6) is -1.44. The molecule has 5 N–H and O–H groups in total. The molecule has 0 saturated heterocycles. The average Bonchev–Trinajstić information content (AvgIpc) is 2.18. The van der Waals surface area contributed by atoms with Gasteiger partial charge in [-0.3, -0.25) is 14.9 Å². The smallest absolute Gasteiger partial charge is 0.323 e. The first-order valence-electron chi connectivity index (χ1n) is 4.39. The van der Waals surface area contributed by atoms with Gasteiger partial charge in [-0.25, -0.2) is 0 Å². The minimum Gasteiger partial charge on any atom is -0.480 e. The summed E-state index contributed by atoms with van der Waals surface area (Å²) < 4.78 is 0. The van der Waals surface area contributed by atoms with Crippen LogP contribution < -0.4 is 11.1 Å². The number of nitrogens with one attached hydrogen (secondary N) is 1. The van der Waals surface area contributed by atoms with E-state index in [9.17, 15) is 9.59 Å². The zero-order chi connectivity index (χ0) is 11.1. The Morgan fingerprint density at radius 3 is 2.29 bits per heavy atom. The lowest BCUT2D eigenvalue weighted by Crippen LogP contribution is -2.50. The Hall–Kier alpha value is -0.980. The fraction of sp³-hybridized carbons (Fsp3) is 0.750. The molecule has 0 radical (unpaired) electrons. The van der Waals surface area contributed by atoms with E-state index in [0.717, 1.165) is 0 Å². The molecule has 6 nitrogen and oxygen atoms in total. The maximum absolute atomic E-state index is 11.2. The molecule has 0 saturated carbocycles. The van der Waals surface area contributed by atoms with Gasteiger partial charge in [0.05, 0.1) is 19.2 Å². The summed E-state index contributed by atoms with van der Waals surface area (Å²) in [6, 6.07) is -1.72. The second-order valence-corrected chi connectivity index (χ2v) is 2.87. The molecule has 0 spiro atoms. The van der Waals surface area contributed by atoms with E-state index in [4.69, 9.17) is 15.9 Å². The summed E-state index contributed by atoms with van der Waals surface area (Å²) in [5, 5.41) is 19.8. The van der Waals surface area contributed by atoms with Gasteiger partial charge in [-0.1, -0.05) is 6.92 Å². The Morgan fingerprint density at radius 2 is 2.00 bits per heavy atom. The molecule has 0 heterocycles. The largest absolute Gasteiger partial charge is 0.480 e. The molecular weight excluding hydrogens is 188 g/mol. The number of ketones is 1. The lowest BCUT2D eigenvalue weighted by molar-refractivity contribution is -0.140. The molecule has 2 unspecified atom stereocenters. The summed E-state index contributed by atoms with van der Waals surface area (Å²) in [5.41, 5.74) is 5.14. The number of carboxylic acids is 1. The second kappa shape index (κ2) is 6.47. The second-order valence-electron chi connectivity index (χ2n) is 2.87. The maximum Gasteiger partial charge on any atom is 0.323 e. The quantitative estimate of drug-likeness (QED) is 0.394. The van der Waals surface area contributed by atoms with Crippen LogP contribution in [0.3, 0.4) is 0 Å². The van der Waals surface area contributed by atoms with Crippen molar-refractivity contribution in [3.8, 4) is 0 Å². The Balaban J connectivity index is 4.28. The Labute approximate surface area is 82.1 Å². The van der Waals surface area contributed by atoms with Gasteiger partial charge in [-0.15, -0.1) is 0 Å². The third-order valence-electron chi connectivity index (χ3n) is 1.88. The first-order valence-corrected chi connectivity index (χ1v) is 4.39. The molecule has 0 bridgehead atoms. The van der Waals surface area contributed by atoms with Crippen molar-refractivity contribution in [1.29, 1.82) is 0 Å². The van der Waals surface area contributed by atoms with E-state index in [-0.39, 0.29) is 12.3 Å². The molecule has 0 amide bonds. The molecule has 0 aromatic rings. The van der Waals surface area contributed by atoms with Crippen molar-refractivity contribution in [2.75, 3.05) is 13.2 Å². The van der Waals surface area contributed by atoms with Crippen molar-refractivity contribution < 1.29 is 19.8 Å². The zero-order valence-corrected chi connectivity index (χ0v) is 8.06. The molecule has 0 fully saturated rings. The molecule has 0 rings (SSSR count). The number of hydrogen-bond donors (Lipinski definition) is 4. The van der Waals surface area contributed by atoms with Crippen LogP contribution in [0.15, 0.2) is 0 Å². The third kappa shape index (κ3) is 3.82. The molecule has 0 aromatic carbocycles. The van der Waals surface area contributed by atoms with Crippen LogP contribution in [0.2, 0.25) is 0 Å². The van der Waals surface area contributed by atoms with E-state index < -0.39 is 24.7 Å². The van der Waals surface area contributed by atoms with E-state index >= 15 is 0 Å². The Morgan fingerprint density at radius 1 is 1.43 bits per heavy atom. The summed E-state index contributed by atoms with van der Waals surface area (Å²) >= 11 is 0. The van der Waals surface area contributed by atoms with Gasteiger partial charge in [0.15, 0.2) is 5.78 Å². The number of rotatable bonds is 7. The van der Waals surface area contributed by atoms with Crippen LogP contribution >= 0.6 is 0 Å². The van der Waals surface area contributed by atoms with Gasteiger partial charge in [0, 0.05) is 0 Å². The van der Waals surface area contributed by atoms with Crippen molar-refractivity contribution >= 4 is 11.8 Å². The summed E-state index contributed by atoms with van der Waals surface area (Å²) in [4.78, 5) is 21.7. The van der Waals surface area contributed by atoms with E-state index in [2.05, 4.69) is 5.32 Å². The standard InChI is InChI=1S/C8H16N2O4/c1-2-5(7(12)3-9)10-6(4-11)8(13)14/h5-6,10-11H,2-4,9H2,1H3,(H,13,14). The topological polar surface area (TPSA) is 113 Å². The lowest BCUT2D eigenvalue weighted by atomic mass is 10.1. The predicted octanol–water partition coefficient (Wildman–Crippen LogP) is -1.67. The van der Waals surface area contributed by atoms with Crippen LogP contribution in [0.1, 0.15) is 13.3 Å². The van der Waals surface area contributed by atoms with Crippen LogP contribution in [0.4, 0.5) is 0 Å². The fourth-order valence-corrected chi connectivity index (χ4v) is 1.03. The first-order chi connectivity index (χ1) is 6.56. The highest BCUT2D eigenvalue weighted by molar-refractivity contribution is 5.86. The molecule has 0 aliphatic rings. The fourth-order valence-electron chi connectivity index (χ4n) is 1.03. The number of aliphatic hydroxyl groups is 1. The van der Waals surface area contributed by atoms with Crippen molar-refractivity contribution in [1.82, 2.24) is 5.32 Å². The zero-order valence-electron chi connectivity index (χ0n) is 8.06. The van der Waals surface area contributed by atoms with Crippen molar-refractivity contribution in [3.63, 3.8) is 0 Å². The number of carboxylic acid groups (broad SMARTS) is 1. The molecule has 14 heavy (non-hydrogen) atoms. The molecule has 2 atom stereocenters. The normalized spacial score (nSPS) is 14.8. The van der Waals surface area contributed by atoms with Gasteiger partial charge in [0.2, 0.25) is 0 Å². The van der Waals surface area contributed by atoms with E-state index in [1.54, 1.807) is 6.92 Å². The van der Waals surface area contributed by atoms with Gasteiger partial charge >= 0.3 is 5.97 Å². The minimum atomic E-state index is -1.18.